The summed E-state index contributed by atoms with van der Waals surface area (Å²) in [5.41, 5.74) is 0.797. The Kier molecular flexibility index (Phi) is 3.68. The first-order valence-corrected chi connectivity index (χ1v) is 6.30. The van der Waals surface area contributed by atoms with Gasteiger partial charge < -0.3 is 9.64 Å². The molecule has 1 aliphatic rings. The predicted octanol–water partition coefficient (Wildman–Crippen LogP) is 1.69. The van der Waals surface area contributed by atoms with E-state index < -0.39 is 5.97 Å². The zero-order chi connectivity index (χ0) is 12.3. The normalized spacial score (nSPS) is 15.1. The molecule has 0 saturated heterocycles. The molecule has 2 rings (SSSR count). The van der Waals surface area contributed by atoms with Gasteiger partial charge in [0.1, 0.15) is 6.54 Å². The minimum atomic E-state index is -0.403. The largest absolute Gasteiger partial charge is 0.468 e. The van der Waals surface area contributed by atoms with Crippen molar-refractivity contribution in [2.45, 2.75) is 11.3 Å². The Morgan fingerprint density at radius 3 is 3.00 bits per heavy atom. The van der Waals surface area contributed by atoms with Crippen LogP contribution in [0.25, 0.3) is 0 Å². The van der Waals surface area contributed by atoms with Gasteiger partial charge in [-0.05, 0) is 12.1 Å². The van der Waals surface area contributed by atoms with Gasteiger partial charge in [0.25, 0.3) is 0 Å². The molecule has 4 nitrogen and oxygen atoms in total. The number of esters is 1. The molecule has 1 amide bonds. The average molecular weight is 251 g/mol. The first-order chi connectivity index (χ1) is 8.22. The van der Waals surface area contributed by atoms with Crippen LogP contribution < -0.4 is 4.90 Å². The number of hydrogen-bond donors (Lipinski definition) is 0. The summed E-state index contributed by atoms with van der Waals surface area (Å²) in [5, 5.41) is 0. The van der Waals surface area contributed by atoms with E-state index in [1.54, 1.807) is 11.8 Å². The smallest absolute Gasteiger partial charge is 0.325 e. The van der Waals surface area contributed by atoms with E-state index in [2.05, 4.69) is 4.74 Å². The Bertz CT molecular complexity index is 447. The van der Waals surface area contributed by atoms with Gasteiger partial charge in [0, 0.05) is 17.1 Å². The van der Waals surface area contributed by atoms with Gasteiger partial charge in [0.15, 0.2) is 0 Å². The molecule has 0 bridgehead atoms. The third-order valence-electron chi connectivity index (χ3n) is 2.55. The van der Waals surface area contributed by atoms with Gasteiger partial charge >= 0.3 is 5.97 Å². The maximum Gasteiger partial charge on any atom is 0.325 e. The van der Waals surface area contributed by atoms with Crippen LogP contribution in [0.15, 0.2) is 29.2 Å². The van der Waals surface area contributed by atoms with Crippen LogP contribution >= 0.6 is 11.8 Å². The molecule has 0 N–H and O–H groups in total. The third kappa shape index (κ3) is 2.61. The van der Waals surface area contributed by atoms with Crippen molar-refractivity contribution < 1.29 is 14.3 Å². The molecule has 0 aromatic heterocycles. The van der Waals surface area contributed by atoms with Gasteiger partial charge in [-0.2, -0.15) is 0 Å². The molecule has 5 heteroatoms. The van der Waals surface area contributed by atoms with E-state index in [-0.39, 0.29) is 12.5 Å². The predicted molar refractivity (Wildman–Crippen MR) is 66.2 cm³/mol. The second-order valence-electron chi connectivity index (χ2n) is 3.62. The van der Waals surface area contributed by atoms with Crippen LogP contribution in [0.5, 0.6) is 0 Å². The molecule has 1 heterocycles. The minimum Gasteiger partial charge on any atom is -0.468 e. The highest BCUT2D eigenvalue weighted by molar-refractivity contribution is 7.99. The van der Waals surface area contributed by atoms with E-state index in [1.807, 2.05) is 24.3 Å². The Labute approximate surface area is 104 Å². The minimum absolute atomic E-state index is 0.0209. The number of thioether (sulfide) groups is 1. The number of ether oxygens (including phenoxy) is 1. The number of carbonyl (C=O) groups is 2. The molecule has 17 heavy (non-hydrogen) atoms. The van der Waals surface area contributed by atoms with Gasteiger partial charge in [-0.1, -0.05) is 12.1 Å². The maximum absolute atomic E-state index is 11.9. The first-order valence-electron chi connectivity index (χ1n) is 5.31. The molecule has 0 spiro atoms. The summed E-state index contributed by atoms with van der Waals surface area (Å²) < 4.78 is 4.62. The van der Waals surface area contributed by atoms with Crippen LogP contribution in [0, 0.1) is 0 Å². The number of amides is 1. The van der Waals surface area contributed by atoms with Gasteiger partial charge in [-0.3, -0.25) is 9.59 Å². The van der Waals surface area contributed by atoms with E-state index in [9.17, 15) is 9.59 Å². The van der Waals surface area contributed by atoms with Crippen molar-refractivity contribution in [3.8, 4) is 0 Å². The van der Waals surface area contributed by atoms with Crippen molar-refractivity contribution in [3.63, 3.8) is 0 Å². The van der Waals surface area contributed by atoms with E-state index >= 15 is 0 Å². The fourth-order valence-corrected chi connectivity index (χ4v) is 2.68. The number of fused-ring (bicyclic) bond motifs is 1. The maximum atomic E-state index is 11.9. The highest BCUT2D eigenvalue weighted by atomic mass is 32.2. The number of para-hydroxylation sites is 1. The van der Waals surface area contributed by atoms with Crippen molar-refractivity contribution in [2.75, 3.05) is 24.3 Å². The summed E-state index contributed by atoms with van der Waals surface area (Å²) in [7, 11) is 1.32. The lowest BCUT2D eigenvalue weighted by atomic mass is 10.2. The van der Waals surface area contributed by atoms with Gasteiger partial charge in [-0.25, -0.2) is 0 Å². The molecule has 1 aromatic rings. The van der Waals surface area contributed by atoms with Crippen molar-refractivity contribution in [3.05, 3.63) is 24.3 Å². The summed E-state index contributed by atoms with van der Waals surface area (Å²) >= 11 is 1.64. The zero-order valence-electron chi connectivity index (χ0n) is 9.51. The van der Waals surface area contributed by atoms with Crippen LogP contribution in [-0.2, 0) is 14.3 Å². The standard InChI is InChI=1S/C12H13NO3S/c1-16-12(15)8-13-9-4-2-3-5-10(9)17-7-6-11(13)14/h2-5H,6-8H2,1H3. The van der Waals surface area contributed by atoms with Gasteiger partial charge in [0.05, 0.1) is 12.8 Å². The van der Waals surface area contributed by atoms with Crippen LogP contribution in [0.2, 0.25) is 0 Å². The van der Waals surface area contributed by atoms with Crippen LogP contribution in [0.4, 0.5) is 5.69 Å². The third-order valence-corrected chi connectivity index (χ3v) is 3.61. The molecular formula is C12H13NO3S. The summed E-state index contributed by atoms with van der Waals surface area (Å²) in [5.74, 6) is 0.306. The van der Waals surface area contributed by atoms with Crippen molar-refractivity contribution in [1.82, 2.24) is 0 Å². The molecule has 1 aliphatic heterocycles. The molecule has 0 unspecified atom stereocenters. The summed E-state index contributed by atoms with van der Waals surface area (Å²) in [6, 6.07) is 7.61. The number of rotatable bonds is 2. The monoisotopic (exact) mass is 251 g/mol. The summed E-state index contributed by atoms with van der Waals surface area (Å²) in [4.78, 5) is 25.8. The number of hydrogen-bond acceptors (Lipinski definition) is 4. The number of benzene rings is 1. The van der Waals surface area contributed by atoms with E-state index in [1.165, 1.54) is 12.0 Å². The van der Waals surface area contributed by atoms with E-state index in [4.69, 9.17) is 0 Å². The number of methoxy groups -OCH3 is 1. The first kappa shape index (κ1) is 12.0. The molecule has 0 fully saturated rings. The fraction of sp³-hybridized carbons (Fsp3) is 0.333. The molecule has 0 radical (unpaired) electrons. The van der Waals surface area contributed by atoms with Crippen LogP contribution in [0.1, 0.15) is 6.42 Å². The lowest BCUT2D eigenvalue weighted by Crippen LogP contribution is -2.35. The van der Waals surface area contributed by atoms with Crippen molar-refractivity contribution in [1.29, 1.82) is 0 Å². The highest BCUT2D eigenvalue weighted by Crippen LogP contribution is 2.33. The quantitative estimate of drug-likeness (QED) is 0.750. The van der Waals surface area contributed by atoms with E-state index in [0.717, 1.165) is 16.3 Å². The zero-order valence-corrected chi connectivity index (χ0v) is 10.3. The van der Waals surface area contributed by atoms with Crippen LogP contribution in [0.3, 0.4) is 0 Å². The highest BCUT2D eigenvalue weighted by Gasteiger charge is 2.24. The van der Waals surface area contributed by atoms with Gasteiger partial charge in [-0.15, -0.1) is 11.8 Å². The Balaban J connectivity index is 2.33. The molecule has 0 aliphatic carbocycles. The molecule has 90 valence electrons. The SMILES string of the molecule is COC(=O)CN1C(=O)CCSc2ccccc21. The Morgan fingerprint density at radius 2 is 2.24 bits per heavy atom. The second-order valence-corrected chi connectivity index (χ2v) is 4.76. The second kappa shape index (κ2) is 5.23. The number of carbonyl (C=O) groups excluding carboxylic acids is 2. The Morgan fingerprint density at radius 1 is 1.47 bits per heavy atom. The number of nitrogens with zero attached hydrogens (tertiary/aromatic N) is 1. The van der Waals surface area contributed by atoms with Gasteiger partial charge in [0.2, 0.25) is 5.91 Å². The summed E-state index contributed by atoms with van der Waals surface area (Å²) in [6.07, 6.45) is 0.441. The lowest BCUT2D eigenvalue weighted by molar-refractivity contribution is -0.140. The van der Waals surface area contributed by atoms with Crippen molar-refractivity contribution >= 4 is 29.3 Å². The van der Waals surface area contributed by atoms with Crippen LogP contribution in [-0.4, -0.2) is 31.3 Å². The molecule has 0 saturated carbocycles. The molecule has 1 aromatic carbocycles. The molecule has 0 atom stereocenters. The van der Waals surface area contributed by atoms with E-state index in [0.29, 0.717) is 6.42 Å². The topological polar surface area (TPSA) is 46.6 Å². The average Bonchev–Trinajstić information content (AvgIpc) is 2.50. The molecular weight excluding hydrogens is 238 g/mol. The Hall–Kier alpha value is -1.49. The lowest BCUT2D eigenvalue weighted by Gasteiger charge is -2.21. The fourth-order valence-electron chi connectivity index (χ4n) is 1.69. The summed E-state index contributed by atoms with van der Waals surface area (Å²) in [6.45, 7) is -0.0209. The van der Waals surface area contributed by atoms with Crippen molar-refractivity contribution in [2.24, 2.45) is 0 Å². The number of anilines is 1.